The van der Waals surface area contributed by atoms with E-state index in [4.69, 9.17) is 0 Å². The third-order valence-electron chi connectivity index (χ3n) is 3.45. The number of rotatable bonds is 6. The van der Waals surface area contributed by atoms with Crippen LogP contribution in [0.4, 0.5) is 5.95 Å². The topological polar surface area (TPSA) is 70.2 Å². The SMILES string of the molecule is CN(C)CCNC(=O)c1cnc(NC2CCCC2)nc1. The molecule has 1 amide bonds. The molecule has 0 spiro atoms. The van der Waals surface area contributed by atoms with Crippen molar-refractivity contribution < 1.29 is 4.79 Å². The van der Waals surface area contributed by atoms with Crippen molar-refractivity contribution in [2.24, 2.45) is 0 Å². The molecule has 0 aromatic carbocycles. The molecule has 2 N–H and O–H groups in total. The minimum Gasteiger partial charge on any atom is -0.351 e. The van der Waals surface area contributed by atoms with E-state index in [2.05, 4.69) is 20.6 Å². The van der Waals surface area contributed by atoms with Crippen LogP contribution >= 0.6 is 0 Å². The number of amides is 1. The van der Waals surface area contributed by atoms with E-state index in [0.29, 0.717) is 24.1 Å². The van der Waals surface area contributed by atoms with Gasteiger partial charge in [0, 0.05) is 31.5 Å². The summed E-state index contributed by atoms with van der Waals surface area (Å²) in [5.74, 6) is 0.487. The smallest absolute Gasteiger partial charge is 0.254 e. The normalized spacial score (nSPS) is 15.6. The standard InChI is InChI=1S/C14H23N5O/c1-19(2)8-7-15-13(20)11-9-16-14(17-10-11)18-12-5-3-4-6-12/h9-10,12H,3-8H2,1-2H3,(H,15,20)(H,16,17,18). The van der Waals surface area contributed by atoms with Crippen LogP contribution in [0.1, 0.15) is 36.0 Å². The molecule has 1 fully saturated rings. The first kappa shape index (κ1) is 14.7. The Labute approximate surface area is 120 Å². The van der Waals surface area contributed by atoms with Crippen molar-refractivity contribution >= 4 is 11.9 Å². The maximum Gasteiger partial charge on any atom is 0.254 e. The molecule has 1 aliphatic rings. The second-order valence-electron chi connectivity index (χ2n) is 5.48. The summed E-state index contributed by atoms with van der Waals surface area (Å²) in [6.07, 6.45) is 8.05. The van der Waals surface area contributed by atoms with Crippen molar-refractivity contribution in [2.75, 3.05) is 32.5 Å². The molecule has 0 bridgehead atoms. The second-order valence-corrected chi connectivity index (χ2v) is 5.48. The Morgan fingerprint density at radius 3 is 2.55 bits per heavy atom. The number of hydrogen-bond donors (Lipinski definition) is 2. The Morgan fingerprint density at radius 2 is 1.95 bits per heavy atom. The van der Waals surface area contributed by atoms with Gasteiger partial charge >= 0.3 is 0 Å². The van der Waals surface area contributed by atoms with E-state index in [-0.39, 0.29) is 5.91 Å². The minimum atomic E-state index is -0.126. The lowest BCUT2D eigenvalue weighted by Gasteiger charge is -2.12. The van der Waals surface area contributed by atoms with Crippen molar-refractivity contribution in [1.82, 2.24) is 20.2 Å². The van der Waals surface area contributed by atoms with Crippen LogP contribution in [0.15, 0.2) is 12.4 Å². The Morgan fingerprint density at radius 1 is 1.30 bits per heavy atom. The van der Waals surface area contributed by atoms with Gasteiger partial charge in [0.25, 0.3) is 5.91 Å². The lowest BCUT2D eigenvalue weighted by atomic mass is 10.2. The van der Waals surface area contributed by atoms with Gasteiger partial charge in [-0.3, -0.25) is 4.79 Å². The number of likely N-dealkylation sites (N-methyl/N-ethyl adjacent to an activating group) is 1. The molecule has 0 radical (unpaired) electrons. The van der Waals surface area contributed by atoms with Crippen LogP contribution in [0, 0.1) is 0 Å². The Bertz CT molecular complexity index is 426. The molecular formula is C14H23N5O. The van der Waals surface area contributed by atoms with Gasteiger partial charge in [0.15, 0.2) is 0 Å². The summed E-state index contributed by atoms with van der Waals surface area (Å²) in [7, 11) is 3.94. The number of nitrogens with one attached hydrogen (secondary N) is 2. The van der Waals surface area contributed by atoms with Gasteiger partial charge in [0.1, 0.15) is 0 Å². The van der Waals surface area contributed by atoms with Crippen molar-refractivity contribution in [2.45, 2.75) is 31.7 Å². The summed E-state index contributed by atoms with van der Waals surface area (Å²) >= 11 is 0. The third-order valence-corrected chi connectivity index (χ3v) is 3.45. The van der Waals surface area contributed by atoms with Crippen molar-refractivity contribution in [3.63, 3.8) is 0 Å². The van der Waals surface area contributed by atoms with Gasteiger partial charge in [-0.05, 0) is 26.9 Å². The van der Waals surface area contributed by atoms with E-state index in [9.17, 15) is 4.79 Å². The zero-order chi connectivity index (χ0) is 14.4. The summed E-state index contributed by atoms with van der Waals surface area (Å²) in [4.78, 5) is 22.3. The average molecular weight is 277 g/mol. The van der Waals surface area contributed by atoms with E-state index < -0.39 is 0 Å². The van der Waals surface area contributed by atoms with Gasteiger partial charge in [-0.15, -0.1) is 0 Å². The molecule has 0 unspecified atom stereocenters. The summed E-state index contributed by atoms with van der Waals surface area (Å²) in [6, 6.07) is 0.481. The van der Waals surface area contributed by atoms with Gasteiger partial charge in [0.2, 0.25) is 5.95 Å². The first-order chi connectivity index (χ1) is 9.65. The zero-order valence-corrected chi connectivity index (χ0v) is 12.2. The summed E-state index contributed by atoms with van der Waals surface area (Å²) in [5.41, 5.74) is 0.501. The quantitative estimate of drug-likeness (QED) is 0.815. The van der Waals surface area contributed by atoms with E-state index in [0.717, 1.165) is 6.54 Å². The largest absolute Gasteiger partial charge is 0.351 e. The average Bonchev–Trinajstić information content (AvgIpc) is 2.92. The molecule has 110 valence electrons. The number of nitrogens with zero attached hydrogens (tertiary/aromatic N) is 3. The van der Waals surface area contributed by atoms with E-state index in [1.807, 2.05) is 19.0 Å². The van der Waals surface area contributed by atoms with E-state index in [1.165, 1.54) is 25.7 Å². The number of anilines is 1. The van der Waals surface area contributed by atoms with Crippen LogP contribution in [-0.4, -0.2) is 54.0 Å². The highest BCUT2D eigenvalue weighted by Gasteiger charge is 2.15. The zero-order valence-electron chi connectivity index (χ0n) is 12.2. The summed E-state index contributed by atoms with van der Waals surface area (Å²) in [6.45, 7) is 1.43. The molecular weight excluding hydrogens is 254 g/mol. The van der Waals surface area contributed by atoms with Gasteiger partial charge in [-0.1, -0.05) is 12.8 Å². The first-order valence-electron chi connectivity index (χ1n) is 7.16. The predicted octanol–water partition coefficient (Wildman–Crippen LogP) is 1.12. The van der Waals surface area contributed by atoms with E-state index in [1.54, 1.807) is 12.4 Å². The molecule has 1 aromatic rings. The molecule has 0 aliphatic heterocycles. The Hall–Kier alpha value is -1.69. The van der Waals surface area contributed by atoms with Crippen LogP contribution in [-0.2, 0) is 0 Å². The molecule has 6 nitrogen and oxygen atoms in total. The molecule has 0 atom stereocenters. The molecule has 1 aromatic heterocycles. The molecule has 1 aliphatic carbocycles. The number of carbonyl (C=O) groups excluding carboxylic acids is 1. The van der Waals surface area contributed by atoms with Gasteiger partial charge in [-0.2, -0.15) is 0 Å². The number of hydrogen-bond acceptors (Lipinski definition) is 5. The monoisotopic (exact) mass is 277 g/mol. The fourth-order valence-corrected chi connectivity index (χ4v) is 2.27. The minimum absolute atomic E-state index is 0.126. The first-order valence-corrected chi connectivity index (χ1v) is 7.16. The van der Waals surface area contributed by atoms with Crippen LogP contribution in [0.3, 0.4) is 0 Å². The molecule has 1 saturated carbocycles. The molecule has 1 heterocycles. The highest BCUT2D eigenvalue weighted by molar-refractivity contribution is 5.93. The lowest BCUT2D eigenvalue weighted by Crippen LogP contribution is -2.31. The fraction of sp³-hybridized carbons (Fsp3) is 0.643. The molecule has 0 saturated heterocycles. The lowest BCUT2D eigenvalue weighted by molar-refractivity contribution is 0.0950. The van der Waals surface area contributed by atoms with Crippen molar-refractivity contribution in [1.29, 1.82) is 0 Å². The van der Waals surface area contributed by atoms with Gasteiger partial charge < -0.3 is 15.5 Å². The maximum absolute atomic E-state index is 11.9. The molecule has 6 heteroatoms. The van der Waals surface area contributed by atoms with Crippen LogP contribution in [0.5, 0.6) is 0 Å². The number of aromatic nitrogens is 2. The Balaban J connectivity index is 1.82. The van der Waals surface area contributed by atoms with Crippen molar-refractivity contribution in [3.05, 3.63) is 18.0 Å². The third kappa shape index (κ3) is 4.45. The van der Waals surface area contributed by atoms with Gasteiger partial charge in [-0.25, -0.2) is 9.97 Å². The number of carbonyl (C=O) groups is 1. The summed E-state index contributed by atoms with van der Waals surface area (Å²) in [5, 5.41) is 6.15. The predicted molar refractivity (Wildman–Crippen MR) is 78.8 cm³/mol. The maximum atomic E-state index is 11.9. The highest BCUT2D eigenvalue weighted by atomic mass is 16.1. The second kappa shape index (κ2) is 7.19. The van der Waals surface area contributed by atoms with Crippen LogP contribution < -0.4 is 10.6 Å². The summed E-state index contributed by atoms with van der Waals surface area (Å²) < 4.78 is 0. The fourth-order valence-electron chi connectivity index (χ4n) is 2.27. The van der Waals surface area contributed by atoms with Crippen LogP contribution in [0.25, 0.3) is 0 Å². The molecule has 20 heavy (non-hydrogen) atoms. The molecule has 2 rings (SSSR count). The Kier molecular flexibility index (Phi) is 5.29. The van der Waals surface area contributed by atoms with E-state index >= 15 is 0 Å². The van der Waals surface area contributed by atoms with Crippen molar-refractivity contribution in [3.8, 4) is 0 Å². The van der Waals surface area contributed by atoms with Crippen LogP contribution in [0.2, 0.25) is 0 Å². The highest BCUT2D eigenvalue weighted by Crippen LogP contribution is 2.20. The van der Waals surface area contributed by atoms with Gasteiger partial charge in [0.05, 0.1) is 5.56 Å².